The molecule has 0 bridgehead atoms. The number of rotatable bonds is 6. The van der Waals surface area contributed by atoms with E-state index in [1.54, 1.807) is 0 Å². The Morgan fingerprint density at radius 3 is 2.52 bits per heavy atom. The molecule has 0 saturated heterocycles. The summed E-state index contributed by atoms with van der Waals surface area (Å²) in [6, 6.07) is 3.82. The van der Waals surface area contributed by atoms with E-state index in [9.17, 15) is 13.2 Å². The van der Waals surface area contributed by atoms with Crippen molar-refractivity contribution in [2.45, 2.75) is 17.9 Å². The van der Waals surface area contributed by atoms with Crippen molar-refractivity contribution < 1.29 is 17.9 Å². The van der Waals surface area contributed by atoms with Gasteiger partial charge in [-0.15, -0.1) is 0 Å². The number of nitrogens with one attached hydrogen (secondary N) is 1. The molecule has 0 unspecified atom stereocenters. The number of primary sulfonamides is 1. The molecule has 0 aliphatic heterocycles. The van der Waals surface area contributed by atoms with E-state index in [1.165, 1.54) is 25.3 Å². The number of hydrogen-bond acceptors (Lipinski definition) is 5. The number of ether oxygens (including phenoxy) is 1. The van der Waals surface area contributed by atoms with E-state index in [0.29, 0.717) is 6.54 Å². The highest BCUT2D eigenvalue weighted by Crippen LogP contribution is 2.22. The third-order valence-corrected chi connectivity index (χ3v) is 3.67. The third kappa shape index (κ3) is 5.00. The maximum Gasteiger partial charge on any atom is 0.255 e. The van der Waals surface area contributed by atoms with Crippen molar-refractivity contribution in [2.24, 2.45) is 5.14 Å². The van der Waals surface area contributed by atoms with Crippen LogP contribution in [0.5, 0.6) is 5.75 Å². The molecule has 1 rings (SSSR count). The molecule has 21 heavy (non-hydrogen) atoms. The normalized spacial score (nSPS) is 13.0. The molecular formula is C13H21N3O4S. The first kappa shape index (κ1) is 17.4. The zero-order valence-corrected chi connectivity index (χ0v) is 13.4. The Morgan fingerprint density at radius 1 is 1.43 bits per heavy atom. The van der Waals surface area contributed by atoms with E-state index in [-0.39, 0.29) is 22.3 Å². The molecule has 1 amide bonds. The van der Waals surface area contributed by atoms with Crippen LogP contribution in [0, 0.1) is 0 Å². The highest BCUT2D eigenvalue weighted by atomic mass is 32.2. The summed E-state index contributed by atoms with van der Waals surface area (Å²) in [4.78, 5) is 14.1. The predicted octanol–water partition coefficient (Wildman–Crippen LogP) is 0.0225. The largest absolute Gasteiger partial charge is 0.496 e. The highest BCUT2D eigenvalue weighted by Gasteiger charge is 2.18. The van der Waals surface area contributed by atoms with Crippen LogP contribution in [0.1, 0.15) is 17.3 Å². The second kappa shape index (κ2) is 6.88. The molecule has 0 aliphatic rings. The first-order valence-electron chi connectivity index (χ1n) is 6.31. The number of nitrogens with zero attached hydrogens (tertiary/aromatic N) is 1. The van der Waals surface area contributed by atoms with Gasteiger partial charge in [0, 0.05) is 12.6 Å². The molecule has 0 spiro atoms. The van der Waals surface area contributed by atoms with E-state index < -0.39 is 15.9 Å². The van der Waals surface area contributed by atoms with Crippen LogP contribution in [0.15, 0.2) is 23.1 Å². The topological polar surface area (TPSA) is 102 Å². The van der Waals surface area contributed by atoms with Gasteiger partial charge in [-0.1, -0.05) is 0 Å². The summed E-state index contributed by atoms with van der Waals surface area (Å²) >= 11 is 0. The molecule has 118 valence electrons. The van der Waals surface area contributed by atoms with Gasteiger partial charge in [0.1, 0.15) is 5.75 Å². The summed E-state index contributed by atoms with van der Waals surface area (Å²) in [6.07, 6.45) is 0. The van der Waals surface area contributed by atoms with Crippen LogP contribution < -0.4 is 15.2 Å². The van der Waals surface area contributed by atoms with Crippen LogP contribution in [-0.2, 0) is 10.0 Å². The molecule has 0 aliphatic carbocycles. The molecule has 8 heteroatoms. The molecule has 0 heterocycles. The minimum atomic E-state index is -3.88. The molecular weight excluding hydrogens is 294 g/mol. The maximum atomic E-state index is 12.3. The van der Waals surface area contributed by atoms with E-state index in [1.807, 2.05) is 25.9 Å². The molecule has 0 radical (unpaired) electrons. The van der Waals surface area contributed by atoms with Gasteiger partial charge >= 0.3 is 0 Å². The minimum Gasteiger partial charge on any atom is -0.496 e. The predicted molar refractivity (Wildman–Crippen MR) is 79.8 cm³/mol. The van der Waals surface area contributed by atoms with Crippen molar-refractivity contribution in [3.05, 3.63) is 23.8 Å². The van der Waals surface area contributed by atoms with E-state index in [4.69, 9.17) is 9.88 Å². The van der Waals surface area contributed by atoms with Crippen molar-refractivity contribution in [1.82, 2.24) is 10.2 Å². The van der Waals surface area contributed by atoms with Crippen LogP contribution in [0.25, 0.3) is 0 Å². The van der Waals surface area contributed by atoms with Crippen molar-refractivity contribution in [3.8, 4) is 5.75 Å². The number of methoxy groups -OCH3 is 1. The Labute approximate surface area is 125 Å². The lowest BCUT2D eigenvalue weighted by Crippen LogP contribution is -2.39. The van der Waals surface area contributed by atoms with Crippen molar-refractivity contribution >= 4 is 15.9 Å². The quantitative estimate of drug-likeness (QED) is 0.771. The highest BCUT2D eigenvalue weighted by molar-refractivity contribution is 7.89. The lowest BCUT2D eigenvalue weighted by Gasteiger charge is -2.19. The van der Waals surface area contributed by atoms with Gasteiger partial charge in [0.25, 0.3) is 5.91 Å². The molecule has 0 fully saturated rings. The zero-order chi connectivity index (χ0) is 16.2. The van der Waals surface area contributed by atoms with E-state index in [0.717, 1.165) is 0 Å². The minimum absolute atomic E-state index is 0.102. The first-order valence-corrected chi connectivity index (χ1v) is 7.86. The summed E-state index contributed by atoms with van der Waals surface area (Å²) in [5, 5.41) is 7.86. The fraction of sp³-hybridized carbons (Fsp3) is 0.462. The molecule has 1 aromatic rings. The second-order valence-electron chi connectivity index (χ2n) is 5.04. The van der Waals surface area contributed by atoms with Crippen molar-refractivity contribution in [2.75, 3.05) is 27.7 Å². The Morgan fingerprint density at radius 2 is 2.05 bits per heavy atom. The number of hydrogen-bond donors (Lipinski definition) is 2. The molecule has 7 nitrogen and oxygen atoms in total. The van der Waals surface area contributed by atoms with Gasteiger partial charge in [0.05, 0.1) is 17.6 Å². The third-order valence-electron chi connectivity index (χ3n) is 2.76. The van der Waals surface area contributed by atoms with E-state index >= 15 is 0 Å². The summed E-state index contributed by atoms with van der Waals surface area (Å²) in [5.41, 5.74) is 0.134. The number of amides is 1. The molecule has 0 aromatic heterocycles. The van der Waals surface area contributed by atoms with Gasteiger partial charge in [-0.25, -0.2) is 13.6 Å². The van der Waals surface area contributed by atoms with Gasteiger partial charge < -0.3 is 15.0 Å². The first-order chi connectivity index (χ1) is 9.65. The fourth-order valence-electron chi connectivity index (χ4n) is 1.94. The van der Waals surface area contributed by atoms with E-state index in [2.05, 4.69) is 5.32 Å². The summed E-state index contributed by atoms with van der Waals surface area (Å²) in [5.74, 6) is -0.122. The summed E-state index contributed by atoms with van der Waals surface area (Å²) < 4.78 is 27.8. The van der Waals surface area contributed by atoms with Crippen LogP contribution in [0.4, 0.5) is 0 Å². The van der Waals surface area contributed by atoms with Crippen LogP contribution in [-0.4, -0.2) is 53.0 Å². The number of carbonyl (C=O) groups is 1. The Hall–Kier alpha value is -1.64. The van der Waals surface area contributed by atoms with Crippen LogP contribution >= 0.6 is 0 Å². The smallest absolute Gasteiger partial charge is 0.255 e. The fourth-order valence-corrected chi connectivity index (χ4v) is 2.48. The zero-order valence-electron chi connectivity index (χ0n) is 12.6. The number of benzene rings is 1. The standard InChI is InChI=1S/C13H21N3O4S/c1-9(8-16(2)3)15-13(17)11-7-10(21(14,18)19)5-6-12(11)20-4/h5-7,9H,8H2,1-4H3,(H,15,17)(H2,14,18,19)/t9-/m1/s1. The van der Waals surface area contributed by atoms with Gasteiger partial charge in [0.15, 0.2) is 0 Å². The average molecular weight is 315 g/mol. The Kier molecular flexibility index (Phi) is 5.70. The van der Waals surface area contributed by atoms with Crippen LogP contribution in [0.2, 0.25) is 0 Å². The average Bonchev–Trinajstić information content (AvgIpc) is 2.35. The molecule has 1 aromatic carbocycles. The summed E-state index contributed by atoms with van der Waals surface area (Å²) in [6.45, 7) is 2.51. The summed E-state index contributed by atoms with van der Waals surface area (Å²) in [7, 11) is 1.32. The second-order valence-corrected chi connectivity index (χ2v) is 6.61. The van der Waals surface area contributed by atoms with Gasteiger partial charge in [-0.2, -0.15) is 0 Å². The molecule has 0 saturated carbocycles. The number of nitrogens with two attached hydrogens (primary N) is 1. The lowest BCUT2D eigenvalue weighted by molar-refractivity contribution is 0.0931. The molecule has 3 N–H and O–H groups in total. The molecule has 1 atom stereocenters. The van der Waals surface area contributed by atoms with Gasteiger partial charge in [0.2, 0.25) is 10.0 Å². The van der Waals surface area contributed by atoms with Crippen LogP contribution in [0.3, 0.4) is 0 Å². The van der Waals surface area contributed by atoms with Gasteiger partial charge in [-0.05, 0) is 39.2 Å². The van der Waals surface area contributed by atoms with Crippen molar-refractivity contribution in [3.63, 3.8) is 0 Å². The number of likely N-dealkylation sites (N-methyl/N-ethyl adjacent to an activating group) is 1. The maximum absolute atomic E-state index is 12.3. The monoisotopic (exact) mass is 315 g/mol. The Bertz CT molecular complexity index is 614. The SMILES string of the molecule is COc1ccc(S(N)(=O)=O)cc1C(=O)N[C@H](C)CN(C)C. The lowest BCUT2D eigenvalue weighted by atomic mass is 10.1. The Balaban J connectivity index is 3.07. The van der Waals surface area contributed by atoms with Gasteiger partial charge in [-0.3, -0.25) is 4.79 Å². The van der Waals surface area contributed by atoms with Crippen molar-refractivity contribution in [1.29, 1.82) is 0 Å². The number of carbonyl (C=O) groups excluding carboxylic acids is 1. The number of sulfonamides is 1.